The fourth-order valence-electron chi connectivity index (χ4n) is 5.19. The summed E-state index contributed by atoms with van der Waals surface area (Å²) in [4.78, 5) is 2.57. The summed E-state index contributed by atoms with van der Waals surface area (Å²) in [6, 6.07) is 1.54. The molecule has 3 fully saturated rings. The van der Waals surface area contributed by atoms with Crippen molar-refractivity contribution in [2.45, 2.75) is 71.4 Å². The molecule has 0 aromatic rings. The van der Waals surface area contributed by atoms with Crippen molar-refractivity contribution in [3.05, 3.63) is 0 Å². The number of likely N-dealkylation sites (N-methyl/N-ethyl adjacent to an activating group) is 1. The van der Waals surface area contributed by atoms with Gasteiger partial charge >= 0.3 is 0 Å². The molecule has 1 saturated heterocycles. The van der Waals surface area contributed by atoms with Crippen LogP contribution >= 0.6 is 0 Å². The molecule has 2 aliphatic carbocycles. The molecular formula is C17H32N2. The Balaban J connectivity index is 1.60. The van der Waals surface area contributed by atoms with Gasteiger partial charge in [-0.1, -0.05) is 27.2 Å². The average molecular weight is 264 g/mol. The van der Waals surface area contributed by atoms with Gasteiger partial charge < -0.3 is 10.2 Å². The van der Waals surface area contributed by atoms with E-state index in [2.05, 4.69) is 38.0 Å². The Morgan fingerprint density at radius 2 is 1.95 bits per heavy atom. The third-order valence-corrected chi connectivity index (χ3v) is 7.32. The summed E-state index contributed by atoms with van der Waals surface area (Å²) in [5.74, 6) is 0.957. The van der Waals surface area contributed by atoms with E-state index in [4.69, 9.17) is 0 Å². The number of likely N-dealkylation sites (tertiary alicyclic amines) is 1. The van der Waals surface area contributed by atoms with Crippen LogP contribution in [-0.4, -0.2) is 37.1 Å². The minimum absolute atomic E-state index is 0.533. The molecule has 0 aromatic carbocycles. The zero-order chi connectivity index (χ0) is 13.7. The smallest absolute Gasteiger partial charge is 0.0217 e. The number of piperidine rings is 1. The molecule has 3 rings (SSSR count). The van der Waals surface area contributed by atoms with Crippen LogP contribution in [0.1, 0.15) is 59.3 Å². The Morgan fingerprint density at radius 3 is 2.53 bits per heavy atom. The zero-order valence-corrected chi connectivity index (χ0v) is 13.3. The van der Waals surface area contributed by atoms with Crippen LogP contribution in [0.15, 0.2) is 0 Å². The van der Waals surface area contributed by atoms with Crippen LogP contribution in [0.3, 0.4) is 0 Å². The fraction of sp³-hybridized carbons (Fsp3) is 1.00. The molecule has 1 N–H and O–H groups in total. The van der Waals surface area contributed by atoms with Crippen LogP contribution in [0.5, 0.6) is 0 Å². The Bertz CT molecular complexity index is 338. The minimum atomic E-state index is 0.533. The Morgan fingerprint density at radius 1 is 1.16 bits per heavy atom. The second-order valence-electron chi connectivity index (χ2n) is 8.20. The van der Waals surface area contributed by atoms with Crippen LogP contribution < -0.4 is 5.32 Å². The van der Waals surface area contributed by atoms with E-state index in [0.717, 1.165) is 18.0 Å². The van der Waals surface area contributed by atoms with Crippen molar-refractivity contribution in [1.29, 1.82) is 0 Å². The lowest BCUT2D eigenvalue weighted by Crippen LogP contribution is -2.50. The van der Waals surface area contributed by atoms with Crippen molar-refractivity contribution < 1.29 is 0 Å². The first kappa shape index (κ1) is 13.9. The van der Waals surface area contributed by atoms with E-state index in [1.807, 2.05) is 0 Å². The molecule has 1 heterocycles. The largest absolute Gasteiger partial charge is 0.312 e. The zero-order valence-electron chi connectivity index (χ0n) is 13.3. The standard InChI is InChI=1S/C17H32N2/c1-16(2)13-8-9-17(16,3)15(11-13)18-12-14-7-5-6-10-19(14)4/h13-15,18H,5-12H2,1-4H3. The lowest BCUT2D eigenvalue weighted by molar-refractivity contribution is 0.110. The highest BCUT2D eigenvalue weighted by Crippen LogP contribution is 2.65. The molecule has 0 aromatic heterocycles. The molecule has 0 spiro atoms. The third-order valence-electron chi connectivity index (χ3n) is 7.32. The van der Waals surface area contributed by atoms with E-state index >= 15 is 0 Å². The van der Waals surface area contributed by atoms with Gasteiger partial charge in [0.1, 0.15) is 0 Å². The molecule has 0 amide bonds. The fourth-order valence-corrected chi connectivity index (χ4v) is 5.19. The SMILES string of the molecule is CN1CCCCC1CNC1CC2CCC1(C)C2(C)C. The first-order valence-electron chi connectivity index (χ1n) is 8.39. The monoisotopic (exact) mass is 264 g/mol. The van der Waals surface area contributed by atoms with Crippen molar-refractivity contribution >= 4 is 0 Å². The highest BCUT2D eigenvalue weighted by atomic mass is 15.2. The van der Waals surface area contributed by atoms with Gasteiger partial charge in [0.25, 0.3) is 0 Å². The molecule has 2 bridgehead atoms. The number of fused-ring (bicyclic) bond motifs is 2. The van der Waals surface area contributed by atoms with Crippen LogP contribution in [0.25, 0.3) is 0 Å². The number of nitrogens with zero attached hydrogens (tertiary/aromatic N) is 1. The molecule has 2 nitrogen and oxygen atoms in total. The normalized spacial score (nSPS) is 45.8. The molecule has 3 aliphatic rings. The molecule has 19 heavy (non-hydrogen) atoms. The predicted octanol–water partition coefficient (Wildman–Crippen LogP) is 3.28. The van der Waals surface area contributed by atoms with Gasteiger partial charge in [-0.25, -0.2) is 0 Å². The highest BCUT2D eigenvalue weighted by molar-refractivity contribution is 5.13. The van der Waals surface area contributed by atoms with E-state index in [1.54, 1.807) is 0 Å². The quantitative estimate of drug-likeness (QED) is 0.841. The lowest BCUT2D eigenvalue weighted by Gasteiger charge is -2.41. The van der Waals surface area contributed by atoms with Crippen LogP contribution in [0.2, 0.25) is 0 Å². The summed E-state index contributed by atoms with van der Waals surface area (Å²) in [5, 5.41) is 3.97. The summed E-state index contributed by atoms with van der Waals surface area (Å²) >= 11 is 0. The third kappa shape index (κ3) is 2.06. The van der Waals surface area contributed by atoms with Gasteiger partial charge in [-0.2, -0.15) is 0 Å². The van der Waals surface area contributed by atoms with Gasteiger partial charge in [0.05, 0.1) is 0 Å². The Kier molecular flexibility index (Phi) is 3.46. The molecule has 2 saturated carbocycles. The number of hydrogen-bond acceptors (Lipinski definition) is 2. The van der Waals surface area contributed by atoms with Crippen LogP contribution in [-0.2, 0) is 0 Å². The van der Waals surface area contributed by atoms with E-state index < -0.39 is 0 Å². The van der Waals surface area contributed by atoms with Gasteiger partial charge in [-0.05, 0) is 62.4 Å². The predicted molar refractivity (Wildman–Crippen MR) is 81.3 cm³/mol. The summed E-state index contributed by atoms with van der Waals surface area (Å²) < 4.78 is 0. The topological polar surface area (TPSA) is 15.3 Å². The van der Waals surface area contributed by atoms with Gasteiger partial charge in [0.15, 0.2) is 0 Å². The first-order valence-corrected chi connectivity index (χ1v) is 8.39. The van der Waals surface area contributed by atoms with Crippen molar-refractivity contribution in [3.63, 3.8) is 0 Å². The maximum absolute atomic E-state index is 3.97. The van der Waals surface area contributed by atoms with Gasteiger partial charge in [-0.3, -0.25) is 0 Å². The van der Waals surface area contributed by atoms with Crippen LogP contribution in [0, 0.1) is 16.7 Å². The Labute approximate surface area is 119 Å². The van der Waals surface area contributed by atoms with Gasteiger partial charge in [0.2, 0.25) is 0 Å². The van der Waals surface area contributed by atoms with Gasteiger partial charge in [0, 0.05) is 18.6 Å². The van der Waals surface area contributed by atoms with E-state index in [9.17, 15) is 0 Å². The number of nitrogens with one attached hydrogen (secondary N) is 1. The van der Waals surface area contributed by atoms with Crippen molar-refractivity contribution in [1.82, 2.24) is 10.2 Å². The van der Waals surface area contributed by atoms with E-state index in [1.165, 1.54) is 51.6 Å². The second-order valence-corrected chi connectivity index (χ2v) is 8.20. The molecule has 110 valence electrons. The summed E-state index contributed by atoms with van der Waals surface area (Å²) in [5.41, 5.74) is 1.08. The summed E-state index contributed by atoms with van der Waals surface area (Å²) in [6.45, 7) is 10.1. The molecule has 4 atom stereocenters. The number of rotatable bonds is 3. The average Bonchev–Trinajstić information content (AvgIpc) is 2.70. The van der Waals surface area contributed by atoms with Crippen molar-refractivity contribution in [2.24, 2.45) is 16.7 Å². The van der Waals surface area contributed by atoms with Crippen LogP contribution in [0.4, 0.5) is 0 Å². The molecule has 0 radical (unpaired) electrons. The summed E-state index contributed by atoms with van der Waals surface area (Å²) in [7, 11) is 2.30. The molecule has 2 heteroatoms. The highest BCUT2D eigenvalue weighted by Gasteiger charge is 2.61. The lowest BCUT2D eigenvalue weighted by atomic mass is 9.69. The first-order chi connectivity index (χ1) is 8.95. The van der Waals surface area contributed by atoms with Gasteiger partial charge in [-0.15, -0.1) is 0 Å². The maximum Gasteiger partial charge on any atom is 0.0217 e. The molecular weight excluding hydrogens is 232 g/mol. The summed E-state index contributed by atoms with van der Waals surface area (Å²) in [6.07, 6.45) is 8.52. The molecule has 4 unspecified atom stereocenters. The number of hydrogen-bond donors (Lipinski definition) is 1. The minimum Gasteiger partial charge on any atom is -0.312 e. The maximum atomic E-state index is 3.97. The van der Waals surface area contributed by atoms with E-state index in [-0.39, 0.29) is 0 Å². The Hall–Kier alpha value is -0.0800. The second kappa shape index (κ2) is 4.73. The van der Waals surface area contributed by atoms with Crippen molar-refractivity contribution in [3.8, 4) is 0 Å². The van der Waals surface area contributed by atoms with Crippen molar-refractivity contribution in [2.75, 3.05) is 20.1 Å². The van der Waals surface area contributed by atoms with E-state index in [0.29, 0.717) is 10.8 Å². The molecule has 1 aliphatic heterocycles.